The monoisotopic (exact) mass is 228 g/mol. The standard InChI is InChI=1S/C13H28N2O/c1-4-14-10-12(3)11-15-8-6-13(7-9-15)16-5-2/h12-14H,4-11H2,1-3H3. The molecule has 0 amide bonds. The first-order valence-electron chi connectivity index (χ1n) is 6.80. The Bertz CT molecular complexity index is 167. The minimum Gasteiger partial charge on any atom is -0.378 e. The number of hydrogen-bond acceptors (Lipinski definition) is 3. The average molecular weight is 228 g/mol. The zero-order valence-corrected chi connectivity index (χ0v) is 11.2. The molecular weight excluding hydrogens is 200 g/mol. The van der Waals surface area contributed by atoms with Crippen LogP contribution < -0.4 is 5.32 Å². The summed E-state index contributed by atoms with van der Waals surface area (Å²) in [5.41, 5.74) is 0. The van der Waals surface area contributed by atoms with Crippen LogP contribution in [0.2, 0.25) is 0 Å². The molecule has 1 fully saturated rings. The Labute approximate surface area is 101 Å². The van der Waals surface area contributed by atoms with E-state index in [0.29, 0.717) is 6.10 Å². The maximum atomic E-state index is 5.66. The second-order valence-corrected chi connectivity index (χ2v) is 4.87. The fourth-order valence-corrected chi connectivity index (χ4v) is 2.39. The second kappa shape index (κ2) is 8.04. The van der Waals surface area contributed by atoms with Gasteiger partial charge in [0, 0.05) is 26.2 Å². The summed E-state index contributed by atoms with van der Waals surface area (Å²) in [5.74, 6) is 0.753. The van der Waals surface area contributed by atoms with Crippen LogP contribution in [0.15, 0.2) is 0 Å². The molecule has 1 N–H and O–H groups in total. The average Bonchev–Trinajstić information content (AvgIpc) is 2.29. The molecule has 0 aromatic carbocycles. The lowest BCUT2D eigenvalue weighted by atomic mass is 10.1. The van der Waals surface area contributed by atoms with E-state index >= 15 is 0 Å². The molecule has 1 saturated heterocycles. The van der Waals surface area contributed by atoms with Crippen molar-refractivity contribution < 1.29 is 4.74 Å². The largest absolute Gasteiger partial charge is 0.378 e. The van der Waals surface area contributed by atoms with Gasteiger partial charge in [-0.2, -0.15) is 0 Å². The summed E-state index contributed by atoms with van der Waals surface area (Å²) in [6.45, 7) is 13.3. The molecule has 1 atom stereocenters. The van der Waals surface area contributed by atoms with Gasteiger partial charge in [-0.3, -0.25) is 0 Å². The Balaban J connectivity index is 2.11. The first kappa shape index (κ1) is 13.9. The van der Waals surface area contributed by atoms with Gasteiger partial charge in [0.05, 0.1) is 6.10 Å². The molecule has 0 aromatic heterocycles. The van der Waals surface area contributed by atoms with Crippen molar-refractivity contribution in [3.05, 3.63) is 0 Å². The summed E-state index contributed by atoms with van der Waals surface area (Å²) in [5, 5.41) is 3.42. The van der Waals surface area contributed by atoms with E-state index in [0.717, 1.165) is 25.6 Å². The molecule has 1 aliphatic heterocycles. The number of nitrogens with zero attached hydrogens (tertiary/aromatic N) is 1. The molecule has 96 valence electrons. The molecule has 0 spiro atoms. The number of rotatable bonds is 7. The number of ether oxygens (including phenoxy) is 1. The summed E-state index contributed by atoms with van der Waals surface area (Å²) in [6.07, 6.45) is 2.94. The third-order valence-electron chi connectivity index (χ3n) is 3.25. The van der Waals surface area contributed by atoms with Crippen LogP contribution in [0, 0.1) is 5.92 Å². The maximum absolute atomic E-state index is 5.66. The Hall–Kier alpha value is -0.120. The van der Waals surface area contributed by atoms with E-state index in [-0.39, 0.29) is 0 Å². The molecule has 1 aliphatic rings. The second-order valence-electron chi connectivity index (χ2n) is 4.87. The van der Waals surface area contributed by atoms with Crippen LogP contribution in [0.4, 0.5) is 0 Å². The van der Waals surface area contributed by atoms with Crippen molar-refractivity contribution >= 4 is 0 Å². The van der Waals surface area contributed by atoms with Crippen molar-refractivity contribution in [1.29, 1.82) is 0 Å². The quantitative estimate of drug-likeness (QED) is 0.718. The van der Waals surface area contributed by atoms with Crippen LogP contribution in [0.25, 0.3) is 0 Å². The SMILES string of the molecule is CCNCC(C)CN1CCC(OCC)CC1. The summed E-state index contributed by atoms with van der Waals surface area (Å²) in [4.78, 5) is 2.58. The topological polar surface area (TPSA) is 24.5 Å². The van der Waals surface area contributed by atoms with E-state index in [1.165, 1.54) is 32.5 Å². The zero-order valence-electron chi connectivity index (χ0n) is 11.2. The van der Waals surface area contributed by atoms with Crippen molar-refractivity contribution in [3.8, 4) is 0 Å². The zero-order chi connectivity index (χ0) is 11.8. The van der Waals surface area contributed by atoms with Crippen molar-refractivity contribution in [2.24, 2.45) is 5.92 Å². The minimum absolute atomic E-state index is 0.519. The molecule has 1 unspecified atom stereocenters. The van der Waals surface area contributed by atoms with Gasteiger partial charge >= 0.3 is 0 Å². The fourth-order valence-electron chi connectivity index (χ4n) is 2.39. The molecule has 3 heteroatoms. The van der Waals surface area contributed by atoms with Gasteiger partial charge in [0.25, 0.3) is 0 Å². The first-order valence-corrected chi connectivity index (χ1v) is 6.80. The summed E-state index contributed by atoms with van der Waals surface area (Å²) >= 11 is 0. The summed E-state index contributed by atoms with van der Waals surface area (Å²) in [7, 11) is 0. The van der Waals surface area contributed by atoms with E-state index in [2.05, 4.69) is 31.0 Å². The van der Waals surface area contributed by atoms with Crippen LogP contribution in [0.3, 0.4) is 0 Å². The minimum atomic E-state index is 0.519. The van der Waals surface area contributed by atoms with Gasteiger partial charge in [0.15, 0.2) is 0 Å². The first-order chi connectivity index (χ1) is 7.76. The Morgan fingerprint density at radius 3 is 2.56 bits per heavy atom. The Morgan fingerprint density at radius 2 is 2.00 bits per heavy atom. The number of likely N-dealkylation sites (tertiary alicyclic amines) is 1. The Kier molecular flexibility index (Phi) is 7.01. The van der Waals surface area contributed by atoms with Crippen molar-refractivity contribution in [1.82, 2.24) is 10.2 Å². The molecule has 0 saturated carbocycles. The lowest BCUT2D eigenvalue weighted by molar-refractivity contribution is 0.0116. The summed E-state index contributed by atoms with van der Waals surface area (Å²) < 4.78 is 5.66. The lowest BCUT2D eigenvalue weighted by Gasteiger charge is -2.33. The molecule has 0 bridgehead atoms. The van der Waals surface area contributed by atoms with Crippen molar-refractivity contribution in [2.45, 2.75) is 39.7 Å². The fraction of sp³-hybridized carbons (Fsp3) is 1.00. The van der Waals surface area contributed by atoms with E-state index in [9.17, 15) is 0 Å². The van der Waals surface area contributed by atoms with Crippen LogP contribution in [-0.2, 0) is 4.74 Å². The smallest absolute Gasteiger partial charge is 0.0599 e. The normalized spacial score (nSPS) is 21.2. The van der Waals surface area contributed by atoms with Gasteiger partial charge < -0.3 is 15.0 Å². The molecule has 16 heavy (non-hydrogen) atoms. The third-order valence-corrected chi connectivity index (χ3v) is 3.25. The van der Waals surface area contributed by atoms with Gasteiger partial charge in [-0.15, -0.1) is 0 Å². The molecule has 0 radical (unpaired) electrons. The Morgan fingerprint density at radius 1 is 1.31 bits per heavy atom. The van der Waals surface area contributed by atoms with Gasteiger partial charge in [0.2, 0.25) is 0 Å². The summed E-state index contributed by atoms with van der Waals surface area (Å²) in [6, 6.07) is 0. The third kappa shape index (κ3) is 5.28. The van der Waals surface area contributed by atoms with E-state index < -0.39 is 0 Å². The predicted octanol–water partition coefficient (Wildman–Crippen LogP) is 1.73. The van der Waals surface area contributed by atoms with Crippen molar-refractivity contribution in [3.63, 3.8) is 0 Å². The van der Waals surface area contributed by atoms with Crippen LogP contribution in [-0.4, -0.2) is 50.3 Å². The number of nitrogens with one attached hydrogen (secondary N) is 1. The highest BCUT2D eigenvalue weighted by Gasteiger charge is 2.20. The van der Waals surface area contributed by atoms with E-state index in [1.54, 1.807) is 0 Å². The van der Waals surface area contributed by atoms with Gasteiger partial charge in [-0.1, -0.05) is 13.8 Å². The van der Waals surface area contributed by atoms with Gasteiger partial charge in [-0.25, -0.2) is 0 Å². The molecule has 1 heterocycles. The van der Waals surface area contributed by atoms with E-state index in [4.69, 9.17) is 4.74 Å². The van der Waals surface area contributed by atoms with E-state index in [1.807, 2.05) is 0 Å². The number of piperidine rings is 1. The number of hydrogen-bond donors (Lipinski definition) is 1. The molecule has 0 aliphatic carbocycles. The van der Waals surface area contributed by atoms with Crippen molar-refractivity contribution in [2.75, 3.05) is 39.3 Å². The predicted molar refractivity (Wildman–Crippen MR) is 68.8 cm³/mol. The molecule has 1 rings (SSSR count). The molecule has 3 nitrogen and oxygen atoms in total. The highest BCUT2D eigenvalue weighted by molar-refractivity contribution is 4.74. The van der Waals surface area contributed by atoms with Crippen LogP contribution >= 0.6 is 0 Å². The molecule has 0 aromatic rings. The highest BCUT2D eigenvalue weighted by Crippen LogP contribution is 2.14. The molecular formula is C13H28N2O. The van der Waals surface area contributed by atoms with Gasteiger partial charge in [-0.05, 0) is 38.8 Å². The highest BCUT2D eigenvalue weighted by atomic mass is 16.5. The lowest BCUT2D eigenvalue weighted by Crippen LogP contribution is -2.40. The maximum Gasteiger partial charge on any atom is 0.0599 e. The van der Waals surface area contributed by atoms with Crippen LogP contribution in [0.5, 0.6) is 0 Å². The van der Waals surface area contributed by atoms with Gasteiger partial charge in [0.1, 0.15) is 0 Å². The van der Waals surface area contributed by atoms with Crippen LogP contribution in [0.1, 0.15) is 33.6 Å².